The monoisotopic (exact) mass is 508 g/mol. The molecule has 2 heterocycles. The lowest BCUT2D eigenvalue weighted by Crippen LogP contribution is -2.42. The van der Waals surface area contributed by atoms with Crippen LogP contribution in [0.1, 0.15) is 44.4 Å². The van der Waals surface area contributed by atoms with Crippen molar-refractivity contribution in [3.8, 4) is 11.5 Å². The van der Waals surface area contributed by atoms with Crippen LogP contribution in [-0.2, 0) is 14.3 Å². The number of rotatable bonds is 10. The quantitative estimate of drug-likeness (QED) is 0.295. The van der Waals surface area contributed by atoms with Crippen molar-refractivity contribution >= 4 is 17.4 Å². The number of ether oxygens (including phenoxy) is 3. The highest BCUT2D eigenvalue weighted by Gasteiger charge is 2.46. The first-order valence-corrected chi connectivity index (χ1v) is 13.0. The Labute approximate surface area is 218 Å². The fourth-order valence-corrected chi connectivity index (χ4v) is 4.62. The van der Waals surface area contributed by atoms with Gasteiger partial charge in [0.15, 0.2) is 0 Å². The van der Waals surface area contributed by atoms with Gasteiger partial charge in [-0.3, -0.25) is 14.5 Å². The Morgan fingerprint density at radius 3 is 2.27 bits per heavy atom. The molecule has 2 aromatic carbocycles. The van der Waals surface area contributed by atoms with Crippen LogP contribution in [0.3, 0.4) is 0 Å². The van der Waals surface area contributed by atoms with Crippen LogP contribution < -0.4 is 9.47 Å². The number of amides is 1. The van der Waals surface area contributed by atoms with Crippen LogP contribution in [0.25, 0.3) is 5.76 Å². The van der Waals surface area contributed by atoms with Gasteiger partial charge in [-0.2, -0.15) is 0 Å². The predicted octanol–water partition coefficient (Wildman–Crippen LogP) is 4.02. The van der Waals surface area contributed by atoms with E-state index in [4.69, 9.17) is 14.2 Å². The van der Waals surface area contributed by atoms with E-state index in [2.05, 4.69) is 4.90 Å². The molecule has 0 saturated carbocycles. The Morgan fingerprint density at radius 2 is 1.65 bits per heavy atom. The van der Waals surface area contributed by atoms with Gasteiger partial charge < -0.3 is 24.2 Å². The summed E-state index contributed by atoms with van der Waals surface area (Å²) in [6, 6.07) is 13.6. The minimum Gasteiger partial charge on any atom is -0.507 e. The zero-order valence-electron chi connectivity index (χ0n) is 21.8. The molecule has 1 amide bonds. The number of aliphatic hydroxyl groups is 1. The molecule has 1 unspecified atom stereocenters. The molecule has 0 aromatic heterocycles. The van der Waals surface area contributed by atoms with Crippen molar-refractivity contribution in [3.63, 3.8) is 0 Å². The van der Waals surface area contributed by atoms with E-state index in [1.807, 2.05) is 45.0 Å². The Hall–Kier alpha value is -3.36. The lowest BCUT2D eigenvalue weighted by molar-refractivity contribution is -0.140. The van der Waals surface area contributed by atoms with Crippen LogP contribution in [-0.4, -0.2) is 78.7 Å². The second-order valence-electron chi connectivity index (χ2n) is 9.55. The topological polar surface area (TPSA) is 88.5 Å². The Balaban J connectivity index is 1.68. The molecule has 8 nitrogen and oxygen atoms in total. The van der Waals surface area contributed by atoms with E-state index in [9.17, 15) is 14.7 Å². The van der Waals surface area contributed by atoms with Gasteiger partial charge in [0, 0.05) is 31.7 Å². The van der Waals surface area contributed by atoms with Gasteiger partial charge in [0.2, 0.25) is 0 Å². The highest BCUT2D eigenvalue weighted by atomic mass is 16.5. The maximum absolute atomic E-state index is 13.3. The van der Waals surface area contributed by atoms with E-state index in [1.54, 1.807) is 29.2 Å². The summed E-state index contributed by atoms with van der Waals surface area (Å²) in [4.78, 5) is 30.3. The van der Waals surface area contributed by atoms with Crippen molar-refractivity contribution in [1.29, 1.82) is 0 Å². The predicted molar refractivity (Wildman–Crippen MR) is 141 cm³/mol. The van der Waals surface area contributed by atoms with Crippen molar-refractivity contribution in [3.05, 3.63) is 65.2 Å². The van der Waals surface area contributed by atoms with Crippen molar-refractivity contribution < 1.29 is 28.9 Å². The number of carbonyl (C=O) groups excluding carboxylic acids is 2. The van der Waals surface area contributed by atoms with E-state index in [-0.39, 0.29) is 17.4 Å². The summed E-state index contributed by atoms with van der Waals surface area (Å²) in [6.45, 7) is 10.4. The first kappa shape index (κ1) is 26.7. The summed E-state index contributed by atoms with van der Waals surface area (Å²) in [6.07, 6.45) is 0.908. The number of nitrogens with zero attached hydrogens (tertiary/aromatic N) is 2. The number of benzene rings is 2. The number of hydrogen-bond donors (Lipinski definition) is 1. The minimum atomic E-state index is -0.704. The molecule has 8 heteroatoms. The molecule has 1 N–H and O–H groups in total. The number of likely N-dealkylation sites (tertiary alicyclic amines) is 1. The van der Waals surface area contributed by atoms with E-state index in [0.29, 0.717) is 50.0 Å². The molecule has 2 aliphatic rings. The number of carbonyl (C=O) groups is 2. The molecule has 1 atom stereocenters. The van der Waals surface area contributed by atoms with Gasteiger partial charge in [0.05, 0.1) is 37.5 Å². The van der Waals surface area contributed by atoms with Gasteiger partial charge in [-0.15, -0.1) is 0 Å². The average Bonchev–Trinajstić information content (AvgIpc) is 3.16. The molecule has 0 radical (unpaired) electrons. The van der Waals surface area contributed by atoms with Gasteiger partial charge >= 0.3 is 0 Å². The van der Waals surface area contributed by atoms with Crippen LogP contribution in [0.15, 0.2) is 54.1 Å². The minimum absolute atomic E-state index is 0.0225. The van der Waals surface area contributed by atoms with Crippen LogP contribution in [0, 0.1) is 0 Å². The standard InChI is InChI=1S/C29H36N2O6/c1-4-17-36-23-9-7-22(8-10-23)27(32)25-26(21-5-11-24(12-6-21)37-20(2)3)31(29(34)28(25)33)14-13-30-15-18-35-19-16-30/h5-12,20,26,32H,4,13-19H2,1-3H3/b27-25-. The van der Waals surface area contributed by atoms with E-state index in [0.717, 1.165) is 25.1 Å². The van der Waals surface area contributed by atoms with E-state index in [1.165, 1.54) is 0 Å². The summed E-state index contributed by atoms with van der Waals surface area (Å²) in [5.74, 6) is -0.0985. The Bertz CT molecular complexity index is 1100. The van der Waals surface area contributed by atoms with Gasteiger partial charge in [0.1, 0.15) is 17.3 Å². The third-order valence-corrected chi connectivity index (χ3v) is 6.47. The fraction of sp³-hybridized carbons (Fsp3) is 0.448. The zero-order chi connectivity index (χ0) is 26.4. The SMILES string of the molecule is CCCOc1ccc(/C(O)=C2/C(=O)C(=O)N(CCN3CCOCC3)C2c2ccc(OC(C)C)cc2)cc1. The summed E-state index contributed by atoms with van der Waals surface area (Å²) < 4.78 is 16.8. The third-order valence-electron chi connectivity index (χ3n) is 6.47. The van der Waals surface area contributed by atoms with Gasteiger partial charge in [-0.1, -0.05) is 19.1 Å². The highest BCUT2D eigenvalue weighted by molar-refractivity contribution is 6.46. The number of ketones is 1. The number of aliphatic hydroxyl groups excluding tert-OH is 1. The van der Waals surface area contributed by atoms with Gasteiger partial charge in [-0.25, -0.2) is 0 Å². The zero-order valence-corrected chi connectivity index (χ0v) is 21.8. The van der Waals surface area contributed by atoms with E-state index >= 15 is 0 Å². The molecular weight excluding hydrogens is 472 g/mol. The second kappa shape index (κ2) is 12.3. The largest absolute Gasteiger partial charge is 0.507 e. The van der Waals surface area contributed by atoms with E-state index < -0.39 is 17.7 Å². The van der Waals surface area contributed by atoms with Gasteiger partial charge in [-0.05, 0) is 62.2 Å². The summed E-state index contributed by atoms with van der Waals surface area (Å²) >= 11 is 0. The molecular formula is C29H36N2O6. The molecule has 4 rings (SSSR count). The maximum Gasteiger partial charge on any atom is 0.295 e. The number of hydrogen-bond acceptors (Lipinski definition) is 7. The Kier molecular flexibility index (Phi) is 8.84. The van der Waals surface area contributed by atoms with Crippen molar-refractivity contribution in [1.82, 2.24) is 9.80 Å². The molecule has 2 fully saturated rings. The number of Topliss-reactive ketones (excluding diaryl/α,β-unsaturated/α-hetero) is 1. The molecule has 0 spiro atoms. The van der Waals surface area contributed by atoms with Crippen LogP contribution in [0.2, 0.25) is 0 Å². The van der Waals surface area contributed by atoms with Gasteiger partial charge in [0.25, 0.3) is 11.7 Å². The molecule has 2 aromatic rings. The van der Waals surface area contributed by atoms with Crippen molar-refractivity contribution in [2.24, 2.45) is 0 Å². The van der Waals surface area contributed by atoms with Crippen LogP contribution in [0.5, 0.6) is 11.5 Å². The molecule has 198 valence electrons. The third kappa shape index (κ3) is 6.32. The summed E-state index contributed by atoms with van der Waals surface area (Å²) in [7, 11) is 0. The maximum atomic E-state index is 13.3. The summed E-state index contributed by atoms with van der Waals surface area (Å²) in [5, 5.41) is 11.3. The molecule has 37 heavy (non-hydrogen) atoms. The lowest BCUT2D eigenvalue weighted by atomic mass is 9.95. The lowest BCUT2D eigenvalue weighted by Gasteiger charge is -2.31. The smallest absolute Gasteiger partial charge is 0.295 e. The summed E-state index contributed by atoms with van der Waals surface area (Å²) in [5.41, 5.74) is 1.29. The first-order valence-electron chi connectivity index (χ1n) is 13.0. The Morgan fingerprint density at radius 1 is 1.00 bits per heavy atom. The number of morpholine rings is 1. The van der Waals surface area contributed by atoms with Crippen LogP contribution in [0.4, 0.5) is 0 Å². The van der Waals surface area contributed by atoms with Crippen molar-refractivity contribution in [2.45, 2.75) is 39.3 Å². The molecule has 0 aliphatic carbocycles. The second-order valence-corrected chi connectivity index (χ2v) is 9.55. The first-order chi connectivity index (χ1) is 17.9. The molecule has 2 aliphatic heterocycles. The van der Waals surface area contributed by atoms with Crippen molar-refractivity contribution in [2.75, 3.05) is 46.0 Å². The molecule has 0 bridgehead atoms. The fourth-order valence-electron chi connectivity index (χ4n) is 4.62. The average molecular weight is 509 g/mol. The van der Waals surface area contributed by atoms with Crippen LogP contribution >= 0.6 is 0 Å². The highest BCUT2D eigenvalue weighted by Crippen LogP contribution is 2.40. The normalized spacial score (nSPS) is 20.0. The molecule has 2 saturated heterocycles.